The van der Waals surface area contributed by atoms with Gasteiger partial charge in [-0.05, 0) is 18.1 Å². The standard InChI is InChI=1S/C13H15N3OS/c1-2-9-5-3-4-6-10(9)16-13(17)11-8-18-12(7-14)15-11/h3-6,8H,2,7,14H2,1H3,(H,16,17). The number of thiazole rings is 1. The number of rotatable bonds is 4. The molecule has 0 unspecified atom stereocenters. The third-order valence-electron chi connectivity index (χ3n) is 2.61. The Kier molecular flexibility index (Phi) is 4.07. The number of aryl methyl sites for hydroxylation is 1. The number of nitrogens with zero attached hydrogens (tertiary/aromatic N) is 1. The molecule has 0 bridgehead atoms. The Morgan fingerprint density at radius 1 is 1.44 bits per heavy atom. The van der Waals surface area contributed by atoms with Gasteiger partial charge in [-0.15, -0.1) is 11.3 Å². The fraction of sp³-hybridized carbons (Fsp3) is 0.231. The molecule has 0 saturated carbocycles. The van der Waals surface area contributed by atoms with Crippen LogP contribution in [0.4, 0.5) is 5.69 Å². The second-order valence-electron chi connectivity index (χ2n) is 3.80. The Balaban J connectivity index is 2.16. The zero-order valence-corrected chi connectivity index (χ0v) is 11.0. The molecule has 0 aliphatic rings. The number of aromatic nitrogens is 1. The maximum absolute atomic E-state index is 12.0. The Morgan fingerprint density at radius 2 is 2.22 bits per heavy atom. The van der Waals surface area contributed by atoms with Gasteiger partial charge in [-0.25, -0.2) is 4.98 Å². The predicted octanol–water partition coefficient (Wildman–Crippen LogP) is 2.42. The van der Waals surface area contributed by atoms with Gasteiger partial charge in [-0.3, -0.25) is 4.79 Å². The fourth-order valence-electron chi connectivity index (χ4n) is 1.65. The van der Waals surface area contributed by atoms with Gasteiger partial charge in [0.1, 0.15) is 10.7 Å². The first-order valence-corrected chi connectivity index (χ1v) is 6.66. The Bertz CT molecular complexity index is 551. The van der Waals surface area contributed by atoms with Crippen LogP contribution in [0, 0.1) is 0 Å². The molecule has 0 aliphatic carbocycles. The van der Waals surface area contributed by atoms with E-state index in [-0.39, 0.29) is 5.91 Å². The third kappa shape index (κ3) is 2.75. The van der Waals surface area contributed by atoms with Crippen molar-refractivity contribution in [2.45, 2.75) is 19.9 Å². The second kappa shape index (κ2) is 5.75. The molecule has 1 amide bonds. The van der Waals surface area contributed by atoms with Crippen LogP contribution in [-0.2, 0) is 13.0 Å². The lowest BCUT2D eigenvalue weighted by molar-refractivity contribution is 0.102. The van der Waals surface area contributed by atoms with Gasteiger partial charge in [0, 0.05) is 17.6 Å². The van der Waals surface area contributed by atoms with E-state index in [4.69, 9.17) is 5.73 Å². The highest BCUT2D eigenvalue weighted by molar-refractivity contribution is 7.09. The molecule has 5 heteroatoms. The average Bonchev–Trinajstić information content (AvgIpc) is 2.88. The van der Waals surface area contributed by atoms with Crippen LogP contribution >= 0.6 is 11.3 Å². The number of anilines is 1. The van der Waals surface area contributed by atoms with E-state index < -0.39 is 0 Å². The Morgan fingerprint density at radius 3 is 2.89 bits per heavy atom. The smallest absolute Gasteiger partial charge is 0.275 e. The van der Waals surface area contributed by atoms with Crippen molar-refractivity contribution in [1.82, 2.24) is 4.98 Å². The topological polar surface area (TPSA) is 68.0 Å². The van der Waals surface area contributed by atoms with E-state index in [9.17, 15) is 4.79 Å². The lowest BCUT2D eigenvalue weighted by atomic mass is 10.1. The molecule has 1 aromatic heterocycles. The van der Waals surface area contributed by atoms with E-state index in [0.29, 0.717) is 12.2 Å². The summed E-state index contributed by atoms with van der Waals surface area (Å²) in [6.07, 6.45) is 0.877. The number of amides is 1. The number of benzene rings is 1. The van der Waals surface area contributed by atoms with Gasteiger partial charge in [-0.1, -0.05) is 25.1 Å². The van der Waals surface area contributed by atoms with Crippen molar-refractivity contribution >= 4 is 22.9 Å². The second-order valence-corrected chi connectivity index (χ2v) is 4.74. The van der Waals surface area contributed by atoms with Gasteiger partial charge < -0.3 is 11.1 Å². The highest BCUT2D eigenvalue weighted by Crippen LogP contribution is 2.17. The molecule has 0 spiro atoms. The molecular formula is C13H15N3OS. The highest BCUT2D eigenvalue weighted by atomic mass is 32.1. The molecule has 1 heterocycles. The minimum absolute atomic E-state index is 0.188. The molecule has 3 N–H and O–H groups in total. The summed E-state index contributed by atoms with van der Waals surface area (Å²) < 4.78 is 0. The van der Waals surface area contributed by atoms with Crippen LogP contribution in [-0.4, -0.2) is 10.9 Å². The van der Waals surface area contributed by atoms with E-state index in [0.717, 1.165) is 22.7 Å². The maximum atomic E-state index is 12.0. The van der Waals surface area contributed by atoms with E-state index in [1.165, 1.54) is 11.3 Å². The summed E-state index contributed by atoms with van der Waals surface area (Å²) >= 11 is 1.40. The summed E-state index contributed by atoms with van der Waals surface area (Å²) in [5, 5.41) is 5.38. The first-order valence-electron chi connectivity index (χ1n) is 5.78. The summed E-state index contributed by atoms with van der Waals surface area (Å²) in [6.45, 7) is 2.42. The van der Waals surface area contributed by atoms with Gasteiger partial charge in [-0.2, -0.15) is 0 Å². The van der Waals surface area contributed by atoms with E-state index >= 15 is 0 Å². The van der Waals surface area contributed by atoms with Crippen LogP contribution < -0.4 is 11.1 Å². The Labute approximate surface area is 110 Å². The number of hydrogen-bond acceptors (Lipinski definition) is 4. The third-order valence-corrected chi connectivity index (χ3v) is 3.48. The van der Waals surface area contributed by atoms with Crippen LogP contribution in [0.1, 0.15) is 28.0 Å². The van der Waals surface area contributed by atoms with Crippen molar-refractivity contribution in [3.8, 4) is 0 Å². The van der Waals surface area contributed by atoms with Gasteiger partial charge in [0.15, 0.2) is 0 Å². The number of carbonyl (C=O) groups excluding carboxylic acids is 1. The lowest BCUT2D eigenvalue weighted by Crippen LogP contribution is -2.14. The van der Waals surface area contributed by atoms with Gasteiger partial charge in [0.2, 0.25) is 0 Å². The van der Waals surface area contributed by atoms with E-state index in [2.05, 4.69) is 17.2 Å². The summed E-state index contributed by atoms with van der Waals surface area (Å²) in [5.41, 5.74) is 7.85. The number of hydrogen-bond donors (Lipinski definition) is 2. The maximum Gasteiger partial charge on any atom is 0.275 e. The van der Waals surface area contributed by atoms with E-state index in [1.807, 2.05) is 24.3 Å². The highest BCUT2D eigenvalue weighted by Gasteiger charge is 2.11. The SMILES string of the molecule is CCc1ccccc1NC(=O)c1csc(CN)n1. The molecular weight excluding hydrogens is 246 g/mol. The minimum Gasteiger partial charge on any atom is -0.325 e. The molecule has 0 fully saturated rings. The summed E-state index contributed by atoms with van der Waals surface area (Å²) in [4.78, 5) is 16.2. The summed E-state index contributed by atoms with van der Waals surface area (Å²) in [7, 11) is 0. The number of para-hydroxylation sites is 1. The number of nitrogens with two attached hydrogens (primary N) is 1. The molecule has 18 heavy (non-hydrogen) atoms. The molecule has 0 saturated heterocycles. The zero-order chi connectivity index (χ0) is 13.0. The molecule has 4 nitrogen and oxygen atoms in total. The van der Waals surface area contributed by atoms with Crippen molar-refractivity contribution in [3.05, 3.63) is 45.9 Å². The minimum atomic E-state index is -0.188. The van der Waals surface area contributed by atoms with E-state index in [1.54, 1.807) is 5.38 Å². The zero-order valence-electron chi connectivity index (χ0n) is 10.1. The van der Waals surface area contributed by atoms with Crippen LogP contribution in [0.15, 0.2) is 29.6 Å². The largest absolute Gasteiger partial charge is 0.325 e. The molecule has 94 valence electrons. The predicted molar refractivity (Wildman–Crippen MR) is 73.8 cm³/mol. The quantitative estimate of drug-likeness (QED) is 0.888. The van der Waals surface area contributed by atoms with Crippen molar-refractivity contribution in [1.29, 1.82) is 0 Å². The van der Waals surface area contributed by atoms with Crippen molar-refractivity contribution in [2.24, 2.45) is 5.73 Å². The molecule has 0 aliphatic heterocycles. The molecule has 1 aromatic carbocycles. The number of carbonyl (C=O) groups is 1. The van der Waals surface area contributed by atoms with Crippen LogP contribution in [0.5, 0.6) is 0 Å². The van der Waals surface area contributed by atoms with Crippen molar-refractivity contribution < 1.29 is 4.79 Å². The van der Waals surface area contributed by atoms with Crippen molar-refractivity contribution in [3.63, 3.8) is 0 Å². The van der Waals surface area contributed by atoms with Gasteiger partial charge in [0.05, 0.1) is 0 Å². The Hall–Kier alpha value is -1.72. The molecule has 2 aromatic rings. The fourth-order valence-corrected chi connectivity index (χ4v) is 2.30. The normalized spacial score (nSPS) is 10.3. The average molecular weight is 261 g/mol. The number of nitrogens with one attached hydrogen (secondary N) is 1. The van der Waals surface area contributed by atoms with Crippen LogP contribution in [0.25, 0.3) is 0 Å². The van der Waals surface area contributed by atoms with Crippen LogP contribution in [0.2, 0.25) is 0 Å². The van der Waals surface area contributed by atoms with Gasteiger partial charge >= 0.3 is 0 Å². The first kappa shape index (κ1) is 12.7. The first-order chi connectivity index (χ1) is 8.74. The van der Waals surface area contributed by atoms with Gasteiger partial charge in [0.25, 0.3) is 5.91 Å². The monoisotopic (exact) mass is 261 g/mol. The summed E-state index contributed by atoms with van der Waals surface area (Å²) in [5.74, 6) is -0.188. The van der Waals surface area contributed by atoms with Crippen molar-refractivity contribution in [2.75, 3.05) is 5.32 Å². The lowest BCUT2D eigenvalue weighted by Gasteiger charge is -2.08. The molecule has 0 radical (unpaired) electrons. The molecule has 0 atom stereocenters. The van der Waals surface area contributed by atoms with Crippen LogP contribution in [0.3, 0.4) is 0 Å². The summed E-state index contributed by atoms with van der Waals surface area (Å²) in [6, 6.07) is 7.76. The molecule has 2 rings (SSSR count).